The number of carbonyl (C=O) groups is 1. The zero-order valence-corrected chi connectivity index (χ0v) is 13.2. The Bertz CT molecular complexity index is 790. The van der Waals surface area contributed by atoms with Crippen LogP contribution in [-0.2, 0) is 4.79 Å². The molecule has 3 nitrogen and oxygen atoms in total. The van der Waals surface area contributed by atoms with Crippen LogP contribution < -0.4 is 10.1 Å². The highest BCUT2D eigenvalue weighted by atomic mass is 16.5. The van der Waals surface area contributed by atoms with Crippen molar-refractivity contribution in [2.45, 2.75) is 20.0 Å². The molecule has 1 aliphatic rings. The van der Waals surface area contributed by atoms with E-state index in [1.807, 2.05) is 68.5 Å². The Morgan fingerprint density at radius 3 is 2.70 bits per heavy atom. The Hall–Kier alpha value is -2.81. The first-order valence-corrected chi connectivity index (χ1v) is 7.65. The Morgan fingerprint density at radius 1 is 1.13 bits per heavy atom. The molecule has 0 radical (unpaired) electrons. The van der Waals surface area contributed by atoms with Gasteiger partial charge in [0.1, 0.15) is 11.9 Å². The average molecular weight is 305 g/mol. The molecule has 2 aromatic rings. The summed E-state index contributed by atoms with van der Waals surface area (Å²) in [7, 11) is 0. The fraction of sp³-hybridized carbons (Fsp3) is 0.150. The number of fused-ring (bicyclic) bond motifs is 1. The first-order chi connectivity index (χ1) is 11.1. The van der Waals surface area contributed by atoms with Crippen molar-refractivity contribution in [3.63, 3.8) is 0 Å². The molecule has 0 aliphatic carbocycles. The van der Waals surface area contributed by atoms with Crippen LogP contribution in [-0.4, -0.2) is 12.0 Å². The van der Waals surface area contributed by atoms with Crippen LogP contribution in [0.4, 0.5) is 5.69 Å². The van der Waals surface area contributed by atoms with Gasteiger partial charge in [0.25, 0.3) is 0 Å². The van der Waals surface area contributed by atoms with Crippen LogP contribution in [0.1, 0.15) is 18.1 Å². The summed E-state index contributed by atoms with van der Waals surface area (Å²) < 4.78 is 5.86. The predicted octanol–water partition coefficient (Wildman–Crippen LogP) is 4.35. The Kier molecular flexibility index (Phi) is 4.29. The molecule has 0 saturated carbocycles. The van der Waals surface area contributed by atoms with E-state index in [0.717, 1.165) is 28.1 Å². The Morgan fingerprint density at radius 2 is 1.87 bits per heavy atom. The number of carbonyl (C=O) groups excluding carboxylic acids is 1. The van der Waals surface area contributed by atoms with Gasteiger partial charge in [-0.15, -0.1) is 0 Å². The van der Waals surface area contributed by atoms with Gasteiger partial charge in [-0.25, -0.2) is 0 Å². The summed E-state index contributed by atoms with van der Waals surface area (Å²) in [5, 5.41) is 2.89. The van der Waals surface area contributed by atoms with Gasteiger partial charge in [-0.2, -0.15) is 0 Å². The average Bonchev–Trinajstić information content (AvgIpc) is 2.55. The number of aryl methyl sites for hydroxylation is 1. The Balaban J connectivity index is 1.74. The van der Waals surface area contributed by atoms with Crippen LogP contribution in [0.3, 0.4) is 0 Å². The van der Waals surface area contributed by atoms with Crippen molar-refractivity contribution in [1.82, 2.24) is 0 Å². The quantitative estimate of drug-likeness (QED) is 0.856. The number of nitrogens with one attached hydrogen (secondary N) is 1. The summed E-state index contributed by atoms with van der Waals surface area (Å²) in [4.78, 5) is 12.1. The van der Waals surface area contributed by atoms with Crippen LogP contribution in [0.2, 0.25) is 0 Å². The number of ether oxygens (including phenoxy) is 1. The molecule has 0 bridgehead atoms. The molecule has 1 N–H and O–H groups in total. The molecule has 1 atom stereocenters. The number of para-hydroxylation sites is 2. The molecule has 2 aromatic carbocycles. The van der Waals surface area contributed by atoms with E-state index >= 15 is 0 Å². The summed E-state index contributed by atoms with van der Waals surface area (Å²) >= 11 is 0. The maximum atomic E-state index is 12.1. The smallest absolute Gasteiger partial charge is 0.248 e. The predicted molar refractivity (Wildman–Crippen MR) is 93.5 cm³/mol. The third kappa shape index (κ3) is 3.51. The van der Waals surface area contributed by atoms with Gasteiger partial charge in [-0.1, -0.05) is 36.4 Å². The van der Waals surface area contributed by atoms with Crippen molar-refractivity contribution >= 4 is 17.7 Å². The third-order valence-corrected chi connectivity index (χ3v) is 3.84. The van der Waals surface area contributed by atoms with Crippen molar-refractivity contribution in [1.29, 1.82) is 0 Å². The van der Waals surface area contributed by atoms with E-state index in [-0.39, 0.29) is 12.0 Å². The van der Waals surface area contributed by atoms with Gasteiger partial charge in [-0.05, 0) is 49.3 Å². The molecule has 1 unspecified atom stereocenters. The molecule has 116 valence electrons. The van der Waals surface area contributed by atoms with E-state index in [1.165, 1.54) is 0 Å². The maximum Gasteiger partial charge on any atom is 0.248 e. The summed E-state index contributed by atoms with van der Waals surface area (Å²) in [5.41, 5.74) is 3.87. The highest BCUT2D eigenvalue weighted by Gasteiger charge is 2.16. The first-order valence-electron chi connectivity index (χ1n) is 7.65. The van der Waals surface area contributed by atoms with Crippen LogP contribution in [0, 0.1) is 6.92 Å². The number of hydrogen-bond acceptors (Lipinski definition) is 2. The fourth-order valence-electron chi connectivity index (χ4n) is 2.51. The van der Waals surface area contributed by atoms with Crippen molar-refractivity contribution in [3.05, 3.63) is 77.4 Å². The zero-order valence-electron chi connectivity index (χ0n) is 13.2. The van der Waals surface area contributed by atoms with Crippen molar-refractivity contribution in [3.8, 4) is 5.75 Å². The molecule has 3 heteroatoms. The zero-order chi connectivity index (χ0) is 16.2. The van der Waals surface area contributed by atoms with Crippen molar-refractivity contribution < 1.29 is 9.53 Å². The molecule has 0 spiro atoms. The van der Waals surface area contributed by atoms with Gasteiger partial charge < -0.3 is 10.1 Å². The molecular formula is C20H19NO2. The summed E-state index contributed by atoms with van der Waals surface area (Å²) in [6, 6.07) is 15.6. The summed E-state index contributed by atoms with van der Waals surface area (Å²) in [6.45, 7) is 3.95. The highest BCUT2D eigenvalue weighted by molar-refractivity contribution is 6.00. The number of anilines is 1. The first kappa shape index (κ1) is 15.1. The van der Waals surface area contributed by atoms with E-state index in [9.17, 15) is 4.79 Å². The number of benzene rings is 2. The van der Waals surface area contributed by atoms with Crippen LogP contribution in [0.15, 0.2) is 66.3 Å². The second kappa shape index (κ2) is 6.53. The van der Waals surface area contributed by atoms with E-state index in [4.69, 9.17) is 4.74 Å². The lowest BCUT2D eigenvalue weighted by Gasteiger charge is -2.22. The lowest BCUT2D eigenvalue weighted by molar-refractivity contribution is -0.111. The normalized spacial score (nSPS) is 16.4. The molecule has 0 fully saturated rings. The van der Waals surface area contributed by atoms with Crippen LogP contribution in [0.25, 0.3) is 6.08 Å². The number of amides is 1. The third-order valence-electron chi connectivity index (χ3n) is 3.84. The van der Waals surface area contributed by atoms with Crippen molar-refractivity contribution in [2.24, 2.45) is 0 Å². The fourth-order valence-corrected chi connectivity index (χ4v) is 2.51. The molecule has 0 aromatic heterocycles. The molecule has 1 aliphatic heterocycles. The maximum absolute atomic E-state index is 12.1. The summed E-state index contributed by atoms with van der Waals surface area (Å²) in [5.74, 6) is 0.729. The van der Waals surface area contributed by atoms with Gasteiger partial charge in [0.05, 0.1) is 0 Å². The number of rotatable bonds is 3. The molecule has 0 saturated heterocycles. The molecule has 23 heavy (non-hydrogen) atoms. The van der Waals surface area contributed by atoms with Crippen molar-refractivity contribution in [2.75, 3.05) is 5.32 Å². The summed E-state index contributed by atoms with van der Waals surface area (Å²) in [6.07, 6.45) is 5.34. The lowest BCUT2D eigenvalue weighted by Crippen LogP contribution is -2.18. The van der Waals surface area contributed by atoms with Gasteiger partial charge in [0.2, 0.25) is 5.91 Å². The monoisotopic (exact) mass is 305 g/mol. The molecular weight excluding hydrogens is 286 g/mol. The molecule has 1 heterocycles. The second-order valence-corrected chi connectivity index (χ2v) is 5.58. The number of hydrogen-bond donors (Lipinski definition) is 1. The SMILES string of the molecule is Cc1ccccc1NC(=O)C=CC1=Cc2ccccc2OC1C. The topological polar surface area (TPSA) is 38.3 Å². The molecule has 3 rings (SSSR count). The van der Waals surface area contributed by atoms with Gasteiger partial charge in [0, 0.05) is 17.3 Å². The van der Waals surface area contributed by atoms with E-state index in [2.05, 4.69) is 11.4 Å². The van der Waals surface area contributed by atoms with E-state index in [0.29, 0.717) is 0 Å². The van der Waals surface area contributed by atoms with E-state index < -0.39 is 0 Å². The minimum absolute atomic E-state index is 0.0765. The highest BCUT2D eigenvalue weighted by Crippen LogP contribution is 2.29. The van der Waals surface area contributed by atoms with Crippen LogP contribution in [0.5, 0.6) is 5.75 Å². The van der Waals surface area contributed by atoms with Gasteiger partial charge in [-0.3, -0.25) is 4.79 Å². The van der Waals surface area contributed by atoms with E-state index in [1.54, 1.807) is 6.08 Å². The second-order valence-electron chi connectivity index (χ2n) is 5.58. The van der Waals surface area contributed by atoms with Crippen LogP contribution >= 0.6 is 0 Å². The lowest BCUT2D eigenvalue weighted by atomic mass is 10.0. The standard InChI is InChI=1S/C20H19NO2/c1-14-7-3-5-9-18(14)21-20(22)12-11-16-13-17-8-4-6-10-19(17)23-15(16)2/h3-13,15H,1-2H3,(H,21,22). The Labute approximate surface area is 136 Å². The van der Waals surface area contributed by atoms with Gasteiger partial charge >= 0.3 is 0 Å². The largest absolute Gasteiger partial charge is 0.485 e. The minimum atomic E-state index is -0.147. The van der Waals surface area contributed by atoms with Gasteiger partial charge in [0.15, 0.2) is 0 Å². The minimum Gasteiger partial charge on any atom is -0.485 e. The molecule has 1 amide bonds.